The van der Waals surface area contributed by atoms with Crippen molar-refractivity contribution < 1.29 is 5.11 Å². The van der Waals surface area contributed by atoms with Gasteiger partial charge in [0.1, 0.15) is 5.75 Å². The predicted octanol–water partition coefficient (Wildman–Crippen LogP) is 1.97. The Labute approximate surface area is 72.3 Å². The zero-order valence-corrected chi connectivity index (χ0v) is 7.07. The first-order chi connectivity index (χ1) is 5.74. The largest absolute Gasteiger partial charge is 0.508 e. The predicted molar refractivity (Wildman–Crippen MR) is 49.8 cm³/mol. The molecular weight excluding hydrogens is 150 g/mol. The minimum atomic E-state index is -0.0735. The first-order valence-electron chi connectivity index (χ1n) is 3.91. The fraction of sp³-hybridized carbons (Fsp3) is 0.200. The van der Waals surface area contributed by atoms with Crippen molar-refractivity contribution in [2.75, 3.05) is 0 Å². The number of rotatable bonds is 2. The highest BCUT2D eigenvalue weighted by molar-refractivity contribution is 5.29. The van der Waals surface area contributed by atoms with E-state index in [0.29, 0.717) is 0 Å². The van der Waals surface area contributed by atoms with Crippen LogP contribution in [0.3, 0.4) is 0 Å². The lowest BCUT2D eigenvalue weighted by Crippen LogP contribution is -2.05. The van der Waals surface area contributed by atoms with Crippen LogP contribution in [-0.2, 0) is 0 Å². The van der Waals surface area contributed by atoms with Crippen LogP contribution in [0.4, 0.5) is 0 Å². The van der Waals surface area contributed by atoms with Gasteiger partial charge in [0, 0.05) is 6.04 Å². The molecule has 12 heavy (non-hydrogen) atoms. The Morgan fingerprint density at radius 2 is 1.92 bits per heavy atom. The highest BCUT2D eigenvalue weighted by Gasteiger charge is 1.99. The molecule has 0 saturated heterocycles. The maximum atomic E-state index is 9.01. The monoisotopic (exact) mass is 163 g/mol. The molecule has 1 aromatic carbocycles. The number of phenols is 1. The molecule has 1 rings (SSSR count). The second-order valence-electron chi connectivity index (χ2n) is 2.64. The lowest BCUT2D eigenvalue weighted by molar-refractivity contribution is 0.475. The van der Waals surface area contributed by atoms with Crippen molar-refractivity contribution >= 4 is 0 Å². The van der Waals surface area contributed by atoms with E-state index in [1.165, 1.54) is 0 Å². The fourth-order valence-corrected chi connectivity index (χ4v) is 1.01. The topological polar surface area (TPSA) is 46.2 Å². The van der Waals surface area contributed by atoms with Gasteiger partial charge in [-0.2, -0.15) is 0 Å². The molecule has 0 aliphatic rings. The van der Waals surface area contributed by atoms with Crippen LogP contribution in [0.15, 0.2) is 36.4 Å². The summed E-state index contributed by atoms with van der Waals surface area (Å²) >= 11 is 0. The van der Waals surface area contributed by atoms with Crippen LogP contribution in [-0.4, -0.2) is 5.11 Å². The van der Waals surface area contributed by atoms with Crippen LogP contribution in [0.1, 0.15) is 18.5 Å². The Morgan fingerprint density at radius 1 is 1.33 bits per heavy atom. The molecule has 2 nitrogen and oxygen atoms in total. The van der Waals surface area contributed by atoms with Gasteiger partial charge in [-0.15, -0.1) is 0 Å². The zero-order chi connectivity index (χ0) is 8.97. The number of phenolic OH excluding ortho intramolecular Hbond substituents is 1. The molecule has 1 aromatic rings. The molecule has 0 aromatic heterocycles. The van der Waals surface area contributed by atoms with E-state index in [-0.39, 0.29) is 11.8 Å². The van der Waals surface area contributed by atoms with E-state index in [1.807, 2.05) is 31.2 Å². The third kappa shape index (κ3) is 2.10. The van der Waals surface area contributed by atoms with Gasteiger partial charge in [0.25, 0.3) is 0 Å². The summed E-state index contributed by atoms with van der Waals surface area (Å²) in [6.45, 7) is 1.93. The van der Waals surface area contributed by atoms with Gasteiger partial charge in [-0.3, -0.25) is 0 Å². The summed E-state index contributed by atoms with van der Waals surface area (Å²) < 4.78 is 0. The molecule has 0 aliphatic carbocycles. The van der Waals surface area contributed by atoms with Crippen molar-refractivity contribution in [2.45, 2.75) is 13.0 Å². The molecular formula is C10H13NO. The maximum Gasteiger partial charge on any atom is 0.115 e. The summed E-state index contributed by atoms with van der Waals surface area (Å²) in [6.07, 6.45) is 3.82. The van der Waals surface area contributed by atoms with E-state index < -0.39 is 0 Å². The Bertz CT molecular complexity index is 264. The summed E-state index contributed by atoms with van der Waals surface area (Å²) in [5.41, 5.74) is 6.79. The van der Waals surface area contributed by atoms with Gasteiger partial charge in [-0.25, -0.2) is 0 Å². The van der Waals surface area contributed by atoms with Gasteiger partial charge < -0.3 is 10.8 Å². The molecule has 0 amide bonds. The normalized spacial score (nSPS) is 13.5. The fourth-order valence-electron chi connectivity index (χ4n) is 1.01. The molecule has 3 N–H and O–H groups in total. The number of allylic oxidation sites excluding steroid dienone is 1. The van der Waals surface area contributed by atoms with E-state index in [2.05, 4.69) is 0 Å². The van der Waals surface area contributed by atoms with Crippen molar-refractivity contribution in [2.24, 2.45) is 5.73 Å². The standard InChI is InChI=1S/C10H13NO/c1-2-3-10(11)8-4-6-9(12)7-5-8/h2-7,10,12H,11H2,1H3. The summed E-state index contributed by atoms with van der Waals surface area (Å²) in [4.78, 5) is 0. The van der Waals surface area contributed by atoms with Gasteiger partial charge >= 0.3 is 0 Å². The molecule has 1 atom stereocenters. The highest BCUT2D eigenvalue weighted by Crippen LogP contribution is 2.15. The van der Waals surface area contributed by atoms with Gasteiger partial charge in [0.15, 0.2) is 0 Å². The van der Waals surface area contributed by atoms with Crippen LogP contribution < -0.4 is 5.73 Å². The quantitative estimate of drug-likeness (QED) is 0.655. The molecule has 64 valence electrons. The second-order valence-corrected chi connectivity index (χ2v) is 2.64. The van der Waals surface area contributed by atoms with Crippen molar-refractivity contribution in [3.8, 4) is 5.75 Å². The summed E-state index contributed by atoms with van der Waals surface area (Å²) in [6, 6.07) is 6.84. The van der Waals surface area contributed by atoms with Gasteiger partial charge in [-0.1, -0.05) is 24.3 Å². The SMILES string of the molecule is CC=CC(N)c1ccc(O)cc1. The Kier molecular flexibility index (Phi) is 2.88. The van der Waals surface area contributed by atoms with Crippen molar-refractivity contribution in [3.63, 3.8) is 0 Å². The maximum absolute atomic E-state index is 9.01. The van der Waals surface area contributed by atoms with E-state index in [1.54, 1.807) is 12.1 Å². The molecule has 0 fully saturated rings. The van der Waals surface area contributed by atoms with Crippen LogP contribution in [0.25, 0.3) is 0 Å². The molecule has 0 aliphatic heterocycles. The van der Waals surface area contributed by atoms with Gasteiger partial charge in [0.05, 0.1) is 0 Å². The molecule has 0 saturated carbocycles. The number of benzene rings is 1. The Morgan fingerprint density at radius 3 is 2.42 bits per heavy atom. The number of hydrogen-bond donors (Lipinski definition) is 2. The van der Waals surface area contributed by atoms with Crippen molar-refractivity contribution in [3.05, 3.63) is 42.0 Å². The summed E-state index contributed by atoms with van der Waals surface area (Å²) in [7, 11) is 0. The molecule has 0 radical (unpaired) electrons. The third-order valence-corrected chi connectivity index (χ3v) is 1.68. The van der Waals surface area contributed by atoms with Crippen LogP contribution >= 0.6 is 0 Å². The number of aromatic hydroxyl groups is 1. The van der Waals surface area contributed by atoms with Crippen LogP contribution in [0.5, 0.6) is 5.75 Å². The van der Waals surface area contributed by atoms with E-state index in [0.717, 1.165) is 5.56 Å². The average molecular weight is 163 g/mol. The second kappa shape index (κ2) is 3.93. The molecule has 0 heterocycles. The Balaban J connectivity index is 2.82. The lowest BCUT2D eigenvalue weighted by atomic mass is 10.1. The zero-order valence-electron chi connectivity index (χ0n) is 7.07. The van der Waals surface area contributed by atoms with E-state index in [9.17, 15) is 0 Å². The van der Waals surface area contributed by atoms with Gasteiger partial charge in [-0.05, 0) is 24.6 Å². The van der Waals surface area contributed by atoms with Crippen LogP contribution in [0.2, 0.25) is 0 Å². The molecule has 1 unspecified atom stereocenters. The number of nitrogens with two attached hydrogens (primary N) is 1. The third-order valence-electron chi connectivity index (χ3n) is 1.68. The lowest BCUT2D eigenvalue weighted by Gasteiger charge is -2.05. The molecule has 0 spiro atoms. The van der Waals surface area contributed by atoms with E-state index >= 15 is 0 Å². The number of hydrogen-bond acceptors (Lipinski definition) is 2. The average Bonchev–Trinajstić information content (AvgIpc) is 2.06. The highest BCUT2D eigenvalue weighted by atomic mass is 16.3. The minimum absolute atomic E-state index is 0.0735. The smallest absolute Gasteiger partial charge is 0.115 e. The minimum Gasteiger partial charge on any atom is -0.508 e. The van der Waals surface area contributed by atoms with Crippen LogP contribution in [0, 0.1) is 0 Å². The first-order valence-corrected chi connectivity index (χ1v) is 3.91. The first kappa shape index (κ1) is 8.81. The molecule has 2 heteroatoms. The summed E-state index contributed by atoms with van der Waals surface area (Å²) in [5, 5.41) is 9.01. The van der Waals surface area contributed by atoms with Gasteiger partial charge in [0.2, 0.25) is 0 Å². The molecule has 0 bridgehead atoms. The summed E-state index contributed by atoms with van der Waals surface area (Å²) in [5.74, 6) is 0.270. The van der Waals surface area contributed by atoms with Crippen molar-refractivity contribution in [1.29, 1.82) is 0 Å². The Hall–Kier alpha value is -1.28. The van der Waals surface area contributed by atoms with E-state index in [4.69, 9.17) is 10.8 Å². The van der Waals surface area contributed by atoms with Crippen molar-refractivity contribution in [1.82, 2.24) is 0 Å².